The molecule has 0 unspecified atom stereocenters. The van der Waals surface area contributed by atoms with Gasteiger partial charge in [0.2, 0.25) is 10.0 Å². The summed E-state index contributed by atoms with van der Waals surface area (Å²) in [5.41, 5.74) is 2.36. The summed E-state index contributed by atoms with van der Waals surface area (Å²) in [5, 5.41) is 17.2. The van der Waals surface area contributed by atoms with E-state index in [1.807, 2.05) is 22.7 Å². The lowest BCUT2D eigenvalue weighted by molar-refractivity contribution is 0.545. The van der Waals surface area contributed by atoms with E-state index in [4.69, 9.17) is 5.26 Å². The maximum Gasteiger partial charge on any atom is 0.211 e. The van der Waals surface area contributed by atoms with Crippen molar-refractivity contribution < 1.29 is 8.42 Å². The Morgan fingerprint density at radius 1 is 1.41 bits per heavy atom. The van der Waals surface area contributed by atoms with Gasteiger partial charge in [-0.25, -0.2) is 18.1 Å². The predicted octanol–water partition coefficient (Wildman–Crippen LogP) is 1.88. The lowest BCUT2D eigenvalue weighted by Gasteiger charge is -2.13. The number of rotatable bonds is 6. The van der Waals surface area contributed by atoms with Gasteiger partial charge in [-0.2, -0.15) is 5.26 Å². The zero-order valence-corrected chi connectivity index (χ0v) is 17.3. The number of alkyl halides is 1. The molecule has 11 heteroatoms. The molecule has 0 spiro atoms. The molecule has 1 saturated carbocycles. The van der Waals surface area contributed by atoms with E-state index in [0.29, 0.717) is 18.5 Å². The molecule has 0 aromatic carbocycles. The molecule has 0 radical (unpaired) electrons. The third-order valence-corrected chi connectivity index (χ3v) is 7.73. The van der Waals surface area contributed by atoms with Crippen molar-refractivity contribution in [3.05, 3.63) is 24.3 Å². The zero-order chi connectivity index (χ0) is 19.0. The Morgan fingerprint density at radius 3 is 3.07 bits per heavy atom. The number of nitrogens with one attached hydrogen (secondary N) is 2. The first kappa shape index (κ1) is 18.6. The maximum absolute atomic E-state index is 12.2. The molecular weight excluding hydrogens is 481 g/mol. The van der Waals surface area contributed by atoms with Crippen molar-refractivity contribution in [3.8, 4) is 6.07 Å². The Labute approximate surface area is 169 Å². The van der Waals surface area contributed by atoms with Crippen LogP contribution in [0.5, 0.6) is 0 Å². The second kappa shape index (κ2) is 7.33. The van der Waals surface area contributed by atoms with Gasteiger partial charge < -0.3 is 4.98 Å². The minimum Gasteiger partial charge on any atom is -0.345 e. The van der Waals surface area contributed by atoms with Crippen LogP contribution in [-0.4, -0.2) is 48.7 Å². The minimum atomic E-state index is -3.38. The molecule has 1 fully saturated rings. The molecule has 3 heterocycles. The number of fused-ring (bicyclic) bond motifs is 3. The van der Waals surface area contributed by atoms with Crippen LogP contribution in [0.4, 0.5) is 0 Å². The molecule has 1 aliphatic carbocycles. The Bertz CT molecular complexity index is 1120. The van der Waals surface area contributed by atoms with Crippen LogP contribution in [0.2, 0.25) is 0 Å². The third kappa shape index (κ3) is 3.65. The molecule has 3 aromatic rings. The van der Waals surface area contributed by atoms with E-state index in [-0.39, 0.29) is 28.1 Å². The average molecular weight is 499 g/mol. The largest absolute Gasteiger partial charge is 0.345 e. The van der Waals surface area contributed by atoms with E-state index in [0.717, 1.165) is 23.4 Å². The van der Waals surface area contributed by atoms with Crippen molar-refractivity contribution >= 4 is 49.4 Å². The van der Waals surface area contributed by atoms with Crippen molar-refractivity contribution in [2.24, 2.45) is 0 Å². The van der Waals surface area contributed by atoms with E-state index in [1.165, 1.54) is 0 Å². The number of aromatic nitrogens is 5. The van der Waals surface area contributed by atoms with Crippen LogP contribution in [0.1, 0.15) is 37.4 Å². The van der Waals surface area contributed by atoms with Gasteiger partial charge in [-0.15, -0.1) is 10.2 Å². The Kier molecular flexibility index (Phi) is 5.04. The third-order valence-electron chi connectivity index (χ3n) is 4.83. The van der Waals surface area contributed by atoms with Gasteiger partial charge in [0.05, 0.1) is 23.5 Å². The Morgan fingerprint density at radius 2 is 2.26 bits per heavy atom. The first-order chi connectivity index (χ1) is 13.0. The topological polar surface area (TPSA) is 129 Å². The van der Waals surface area contributed by atoms with Gasteiger partial charge in [-0.3, -0.25) is 4.40 Å². The summed E-state index contributed by atoms with van der Waals surface area (Å²) in [6, 6.07) is 3.78. The molecule has 142 valence electrons. The van der Waals surface area contributed by atoms with E-state index < -0.39 is 10.0 Å². The maximum atomic E-state index is 12.2. The summed E-state index contributed by atoms with van der Waals surface area (Å²) in [6.45, 7) is 0. The molecule has 0 saturated heterocycles. The van der Waals surface area contributed by atoms with Crippen LogP contribution in [-0.2, 0) is 10.0 Å². The summed E-state index contributed by atoms with van der Waals surface area (Å²) in [5.74, 6) is 0.910. The predicted molar refractivity (Wildman–Crippen MR) is 108 cm³/mol. The molecule has 4 rings (SSSR count). The highest BCUT2D eigenvalue weighted by Crippen LogP contribution is 2.39. The van der Waals surface area contributed by atoms with E-state index in [2.05, 4.69) is 47.5 Å². The van der Waals surface area contributed by atoms with Crippen molar-refractivity contribution in [2.75, 3.05) is 5.75 Å². The number of nitriles is 1. The molecule has 3 atom stereocenters. The molecule has 3 aromatic heterocycles. The fourth-order valence-corrected chi connectivity index (χ4v) is 6.21. The lowest BCUT2D eigenvalue weighted by Crippen LogP contribution is -2.34. The second-order valence-corrected chi connectivity index (χ2v) is 10.2. The standard InChI is InChI=1S/C16H18IN7O2S/c17-12-8-10(23-27(25,26)6-2-1-4-18)7-11(12)16-22-21-14-9-20-15-13(24(14)16)3-5-19-15/h3,5,9-12,19,23H,1-2,6-8H2/t10-,11+,12-/m1/s1. The smallest absolute Gasteiger partial charge is 0.211 e. The Hall–Kier alpha value is -1.78. The highest BCUT2D eigenvalue weighted by atomic mass is 127. The van der Waals surface area contributed by atoms with Gasteiger partial charge in [0.1, 0.15) is 5.82 Å². The number of H-pyrrole nitrogens is 1. The van der Waals surface area contributed by atoms with Crippen molar-refractivity contribution in [3.63, 3.8) is 0 Å². The lowest BCUT2D eigenvalue weighted by atomic mass is 10.1. The van der Waals surface area contributed by atoms with Gasteiger partial charge in [0.25, 0.3) is 0 Å². The minimum absolute atomic E-state index is 0.0167. The highest BCUT2D eigenvalue weighted by Gasteiger charge is 2.38. The van der Waals surface area contributed by atoms with Crippen LogP contribution >= 0.6 is 22.6 Å². The number of aromatic amines is 1. The zero-order valence-electron chi connectivity index (χ0n) is 14.3. The number of hydrogen-bond donors (Lipinski definition) is 2. The SMILES string of the molecule is N#CCCCS(=O)(=O)N[C@H]1C[C@@H](I)[C@@H](c2nnc3cnc4[nH]ccc4n23)C1. The summed E-state index contributed by atoms with van der Waals surface area (Å²) in [4.78, 5) is 7.42. The number of unbranched alkanes of at least 4 members (excludes halogenated alkanes) is 1. The molecule has 9 nitrogen and oxygen atoms in total. The van der Waals surface area contributed by atoms with Gasteiger partial charge in [-0.1, -0.05) is 22.6 Å². The van der Waals surface area contributed by atoms with Crippen LogP contribution in [0.25, 0.3) is 16.8 Å². The number of hydrogen-bond acceptors (Lipinski definition) is 6. The van der Waals surface area contributed by atoms with Crippen molar-refractivity contribution in [2.45, 2.75) is 41.6 Å². The second-order valence-electron chi connectivity index (χ2n) is 6.71. The summed E-state index contributed by atoms with van der Waals surface area (Å²) in [7, 11) is -3.38. The van der Waals surface area contributed by atoms with E-state index in [9.17, 15) is 8.42 Å². The Balaban J connectivity index is 1.57. The van der Waals surface area contributed by atoms with Crippen molar-refractivity contribution in [1.82, 2.24) is 29.3 Å². The van der Waals surface area contributed by atoms with Crippen LogP contribution < -0.4 is 4.72 Å². The summed E-state index contributed by atoms with van der Waals surface area (Å²) in [6.07, 6.45) is 5.51. The molecule has 2 N–H and O–H groups in total. The van der Waals surface area contributed by atoms with E-state index >= 15 is 0 Å². The fourth-order valence-electron chi connectivity index (χ4n) is 3.64. The first-order valence-electron chi connectivity index (χ1n) is 8.66. The van der Waals surface area contributed by atoms with Crippen LogP contribution in [0, 0.1) is 11.3 Å². The molecule has 0 amide bonds. The van der Waals surface area contributed by atoms with Crippen LogP contribution in [0.15, 0.2) is 18.5 Å². The van der Waals surface area contributed by atoms with Gasteiger partial charge in [0, 0.05) is 28.5 Å². The monoisotopic (exact) mass is 499 g/mol. The first-order valence-corrected chi connectivity index (χ1v) is 11.6. The molecular formula is C16H18IN7O2S. The molecule has 0 bridgehead atoms. The fraction of sp³-hybridized carbons (Fsp3) is 0.500. The van der Waals surface area contributed by atoms with Crippen LogP contribution in [0.3, 0.4) is 0 Å². The summed E-state index contributed by atoms with van der Waals surface area (Å²) < 4.78 is 29.5. The normalized spacial score (nSPS) is 23.2. The van der Waals surface area contributed by atoms with Gasteiger partial charge >= 0.3 is 0 Å². The van der Waals surface area contributed by atoms with Crippen molar-refractivity contribution in [1.29, 1.82) is 5.26 Å². The number of nitrogens with zero attached hydrogens (tertiary/aromatic N) is 5. The highest BCUT2D eigenvalue weighted by molar-refractivity contribution is 14.1. The summed E-state index contributed by atoms with van der Waals surface area (Å²) >= 11 is 2.37. The van der Waals surface area contributed by atoms with Gasteiger partial charge in [0.15, 0.2) is 11.3 Å². The number of halogens is 1. The molecule has 27 heavy (non-hydrogen) atoms. The molecule has 0 aliphatic heterocycles. The average Bonchev–Trinajstić information content (AvgIpc) is 3.31. The number of sulfonamides is 1. The van der Waals surface area contributed by atoms with E-state index in [1.54, 1.807) is 6.20 Å². The quantitative estimate of drug-likeness (QED) is 0.303. The molecule has 1 aliphatic rings. The van der Waals surface area contributed by atoms with Gasteiger partial charge in [-0.05, 0) is 25.3 Å².